The van der Waals surface area contributed by atoms with Gasteiger partial charge in [0.15, 0.2) is 11.6 Å². The summed E-state index contributed by atoms with van der Waals surface area (Å²) < 4.78 is 56.3. The predicted octanol–water partition coefficient (Wildman–Crippen LogP) is 2.52. The fourth-order valence-corrected chi connectivity index (χ4v) is 5.23. The number of hydrogen-bond acceptors (Lipinski definition) is 8. The summed E-state index contributed by atoms with van der Waals surface area (Å²) in [5.41, 5.74) is -0.819. The van der Waals surface area contributed by atoms with Gasteiger partial charge in [-0.1, -0.05) is 34.6 Å². The molecule has 0 radical (unpaired) electrons. The van der Waals surface area contributed by atoms with Crippen molar-refractivity contribution < 1.29 is 21.9 Å². The number of sulfonamides is 2. The molecule has 0 spiro atoms. The van der Waals surface area contributed by atoms with Gasteiger partial charge < -0.3 is 10.4 Å². The van der Waals surface area contributed by atoms with E-state index in [-0.39, 0.29) is 45.3 Å². The van der Waals surface area contributed by atoms with Gasteiger partial charge in [-0.3, -0.25) is 9.52 Å². The predicted molar refractivity (Wildman–Crippen MR) is 135 cm³/mol. The van der Waals surface area contributed by atoms with Crippen LogP contribution in [-0.2, 0) is 33.0 Å². The third-order valence-corrected chi connectivity index (χ3v) is 7.00. The molecule has 2 heterocycles. The number of fused-ring (bicyclic) bond motifs is 1. The van der Waals surface area contributed by atoms with Crippen LogP contribution in [0.2, 0.25) is 0 Å². The summed E-state index contributed by atoms with van der Waals surface area (Å²) >= 11 is 0. The summed E-state index contributed by atoms with van der Waals surface area (Å²) in [7, 11) is -7.95. The maximum Gasteiger partial charge on any atom is 0.286 e. The Balaban J connectivity index is 2.17. The van der Waals surface area contributed by atoms with Gasteiger partial charge in [0.2, 0.25) is 10.0 Å². The monoisotopic (exact) mass is 525 g/mol. The first kappa shape index (κ1) is 26.7. The van der Waals surface area contributed by atoms with Crippen molar-refractivity contribution >= 4 is 37.3 Å². The maximum absolute atomic E-state index is 13.3. The van der Waals surface area contributed by atoms with E-state index in [1.165, 1.54) is 16.8 Å². The molecule has 13 heteroatoms. The Labute approximate surface area is 205 Å². The van der Waals surface area contributed by atoms with E-state index in [2.05, 4.69) is 19.5 Å². The standard InChI is InChI=1S/C22H31N5O6S2/c1-13(2)9-10-27-21(29)18(19(28)16(24-27)12-22(3,4)5)20-23-15-8-7-14(25-34(6,30)31)11-17(15)35(32,33)26-20/h7-8,11,13,25,28H,9-10,12H2,1-6H3,(H,23,26). The molecule has 1 aliphatic rings. The molecule has 0 bridgehead atoms. The van der Waals surface area contributed by atoms with Crippen molar-refractivity contribution in [2.24, 2.45) is 15.7 Å². The number of benzene rings is 1. The van der Waals surface area contributed by atoms with Crippen LogP contribution in [-0.4, -0.2) is 43.8 Å². The molecule has 1 aliphatic heterocycles. The van der Waals surface area contributed by atoms with Gasteiger partial charge >= 0.3 is 0 Å². The number of nitrogens with one attached hydrogen (secondary N) is 2. The lowest BCUT2D eigenvalue weighted by Gasteiger charge is -2.23. The largest absolute Gasteiger partial charge is 0.505 e. The van der Waals surface area contributed by atoms with Crippen molar-refractivity contribution in [2.75, 3.05) is 16.3 Å². The van der Waals surface area contributed by atoms with E-state index < -0.39 is 31.4 Å². The number of hydrogen-bond donors (Lipinski definition) is 3. The van der Waals surface area contributed by atoms with Gasteiger partial charge in [0.25, 0.3) is 15.6 Å². The normalized spacial score (nSPS) is 15.3. The van der Waals surface area contributed by atoms with Crippen molar-refractivity contribution in [1.29, 1.82) is 0 Å². The van der Waals surface area contributed by atoms with Crippen molar-refractivity contribution in [3.05, 3.63) is 39.8 Å². The number of rotatable bonds is 7. The van der Waals surface area contributed by atoms with Gasteiger partial charge in [-0.2, -0.15) is 13.5 Å². The first-order chi connectivity index (χ1) is 16.0. The van der Waals surface area contributed by atoms with Crippen molar-refractivity contribution in [1.82, 2.24) is 9.78 Å². The van der Waals surface area contributed by atoms with Crippen molar-refractivity contribution in [3.63, 3.8) is 0 Å². The van der Waals surface area contributed by atoms with Crippen LogP contribution in [0.25, 0.3) is 0 Å². The third kappa shape index (κ3) is 6.40. The molecule has 3 rings (SSSR count). The summed E-state index contributed by atoms with van der Waals surface area (Å²) in [6, 6.07) is 3.88. The van der Waals surface area contributed by atoms with Crippen LogP contribution in [0.3, 0.4) is 0 Å². The average Bonchev–Trinajstić information content (AvgIpc) is 2.67. The minimum atomic E-state index is -4.33. The molecular formula is C22H31N5O6S2. The molecule has 0 atom stereocenters. The van der Waals surface area contributed by atoms with E-state index in [0.717, 1.165) is 12.3 Å². The van der Waals surface area contributed by atoms with Crippen molar-refractivity contribution in [2.45, 2.75) is 58.9 Å². The molecule has 1 aromatic carbocycles. The molecule has 0 saturated carbocycles. The van der Waals surface area contributed by atoms with E-state index in [4.69, 9.17) is 0 Å². The Morgan fingerprint density at radius 2 is 1.89 bits per heavy atom. The summed E-state index contributed by atoms with van der Waals surface area (Å²) in [6.45, 7) is 10.2. The highest BCUT2D eigenvalue weighted by Gasteiger charge is 2.31. The lowest BCUT2D eigenvalue weighted by Crippen LogP contribution is -2.35. The zero-order chi connectivity index (χ0) is 26.3. The summed E-state index contributed by atoms with van der Waals surface area (Å²) in [4.78, 5) is 13.0. The second-order valence-corrected chi connectivity index (χ2v) is 13.6. The molecule has 192 valence electrons. The topological polar surface area (TPSA) is 160 Å². The van der Waals surface area contributed by atoms with E-state index in [9.17, 15) is 26.7 Å². The van der Waals surface area contributed by atoms with Gasteiger partial charge in [0.1, 0.15) is 16.2 Å². The van der Waals surface area contributed by atoms with Crippen LogP contribution in [0.1, 0.15) is 52.3 Å². The Hall–Kier alpha value is -2.93. The van der Waals surface area contributed by atoms with Crippen LogP contribution in [0, 0.1) is 11.3 Å². The molecule has 0 amide bonds. The molecule has 0 unspecified atom stereocenters. The van der Waals surface area contributed by atoms with E-state index in [1.807, 2.05) is 34.6 Å². The first-order valence-corrected chi connectivity index (χ1v) is 14.4. The molecule has 1 aromatic heterocycles. The van der Waals surface area contributed by atoms with Crippen molar-refractivity contribution in [3.8, 4) is 5.75 Å². The third-order valence-electron chi connectivity index (χ3n) is 5.08. The molecule has 0 fully saturated rings. The van der Waals surface area contributed by atoms with Gasteiger partial charge in [0, 0.05) is 18.7 Å². The summed E-state index contributed by atoms with van der Waals surface area (Å²) in [5.74, 6) is -0.454. The Bertz CT molecular complexity index is 1450. The second kappa shape index (κ2) is 9.26. The van der Waals surface area contributed by atoms with Crippen LogP contribution < -0.4 is 15.6 Å². The molecule has 2 aromatic rings. The average molecular weight is 526 g/mol. The SMILES string of the molecule is CC(C)CCn1nc(CC(C)(C)C)c(O)c(C2=NS(=O)(=O)c3cc(NS(C)(=O)=O)ccc3N2)c1=O. The number of aromatic nitrogens is 2. The highest BCUT2D eigenvalue weighted by molar-refractivity contribution is 7.92. The number of anilines is 2. The highest BCUT2D eigenvalue weighted by Crippen LogP contribution is 2.33. The smallest absolute Gasteiger partial charge is 0.286 e. The highest BCUT2D eigenvalue weighted by atomic mass is 32.2. The van der Waals surface area contributed by atoms with Gasteiger partial charge in [0.05, 0.1) is 11.9 Å². The summed E-state index contributed by atoms with van der Waals surface area (Å²) in [6.07, 6.45) is 1.94. The van der Waals surface area contributed by atoms with E-state index >= 15 is 0 Å². The van der Waals surface area contributed by atoms with E-state index in [0.29, 0.717) is 18.8 Å². The number of aromatic hydroxyl groups is 1. The number of aryl methyl sites for hydroxylation is 1. The molecule has 35 heavy (non-hydrogen) atoms. The Kier molecular flexibility index (Phi) is 7.06. The fourth-order valence-electron chi connectivity index (χ4n) is 3.52. The number of nitrogens with zero attached hydrogens (tertiary/aromatic N) is 3. The van der Waals surface area contributed by atoms with Gasteiger partial charge in [-0.05, 0) is 36.0 Å². The van der Waals surface area contributed by atoms with Gasteiger partial charge in [-0.25, -0.2) is 13.1 Å². The molecule has 0 saturated heterocycles. The Morgan fingerprint density at radius 1 is 1.23 bits per heavy atom. The maximum atomic E-state index is 13.3. The first-order valence-electron chi connectivity index (χ1n) is 11.0. The fraction of sp³-hybridized carbons (Fsp3) is 0.500. The van der Waals surface area contributed by atoms with Gasteiger partial charge in [-0.15, -0.1) is 4.40 Å². The quantitative estimate of drug-likeness (QED) is 0.497. The zero-order valence-electron chi connectivity index (χ0n) is 20.6. The van der Waals surface area contributed by atoms with Crippen LogP contribution in [0.15, 0.2) is 32.3 Å². The minimum Gasteiger partial charge on any atom is -0.505 e. The van der Waals surface area contributed by atoms with Crippen LogP contribution in [0.4, 0.5) is 11.4 Å². The molecule has 3 N–H and O–H groups in total. The minimum absolute atomic E-state index is 0.0468. The Morgan fingerprint density at radius 3 is 2.46 bits per heavy atom. The van der Waals surface area contributed by atoms with Crippen LogP contribution in [0.5, 0.6) is 5.75 Å². The van der Waals surface area contributed by atoms with E-state index in [1.54, 1.807) is 0 Å². The lowest BCUT2D eigenvalue weighted by molar-refractivity contribution is 0.371. The second-order valence-electron chi connectivity index (χ2n) is 10.2. The molecular weight excluding hydrogens is 494 g/mol. The molecule has 11 nitrogen and oxygen atoms in total. The zero-order valence-corrected chi connectivity index (χ0v) is 22.2. The summed E-state index contributed by atoms with van der Waals surface area (Å²) in [5, 5.41) is 18.2. The number of amidine groups is 1. The molecule has 0 aliphatic carbocycles. The van der Waals surface area contributed by atoms with Crippen LogP contribution >= 0.6 is 0 Å². The lowest BCUT2D eigenvalue weighted by atomic mass is 9.89.